The summed E-state index contributed by atoms with van der Waals surface area (Å²) in [5.74, 6) is 0. The molecule has 0 amide bonds. The number of ether oxygens (including phenoxy) is 1. The molecule has 0 aliphatic carbocycles. The minimum atomic E-state index is 0.517. The van der Waals surface area contributed by atoms with Crippen molar-refractivity contribution in [2.75, 3.05) is 40.4 Å². The molecule has 0 saturated carbocycles. The third-order valence-corrected chi connectivity index (χ3v) is 5.27. The van der Waals surface area contributed by atoms with Crippen molar-refractivity contribution in [3.8, 4) is 0 Å². The predicted molar refractivity (Wildman–Crippen MR) is 84.1 cm³/mol. The van der Waals surface area contributed by atoms with E-state index >= 15 is 0 Å². The Morgan fingerprint density at radius 3 is 2.67 bits per heavy atom. The van der Waals surface area contributed by atoms with Gasteiger partial charge in [-0.3, -0.25) is 9.88 Å². The van der Waals surface area contributed by atoms with Crippen LogP contribution in [-0.2, 0) is 11.3 Å². The molecule has 2 saturated heterocycles. The first kappa shape index (κ1) is 14.9. The van der Waals surface area contributed by atoms with Gasteiger partial charge in [0.05, 0.1) is 6.61 Å². The summed E-state index contributed by atoms with van der Waals surface area (Å²) in [4.78, 5) is 9.21. The summed E-state index contributed by atoms with van der Waals surface area (Å²) in [5.41, 5.74) is 1.87. The monoisotopic (exact) mass is 289 g/mol. The van der Waals surface area contributed by atoms with Crippen LogP contribution in [0, 0.1) is 5.41 Å². The Hall–Kier alpha value is -0.970. The van der Waals surface area contributed by atoms with Crippen molar-refractivity contribution in [2.24, 2.45) is 5.41 Å². The Kier molecular flexibility index (Phi) is 4.57. The molecule has 2 fully saturated rings. The van der Waals surface area contributed by atoms with Crippen LogP contribution in [0.3, 0.4) is 0 Å². The highest BCUT2D eigenvalue weighted by Crippen LogP contribution is 2.43. The Balaban J connectivity index is 1.69. The molecule has 1 aromatic rings. The zero-order valence-electron chi connectivity index (χ0n) is 13.3. The van der Waals surface area contributed by atoms with E-state index in [1.54, 1.807) is 0 Å². The molecule has 0 radical (unpaired) electrons. The second kappa shape index (κ2) is 6.42. The van der Waals surface area contributed by atoms with E-state index in [2.05, 4.69) is 34.0 Å². The molecular formula is C17H27N3O. The molecule has 1 atom stereocenters. The van der Waals surface area contributed by atoms with Crippen LogP contribution in [0.2, 0.25) is 0 Å². The van der Waals surface area contributed by atoms with Gasteiger partial charge in [-0.2, -0.15) is 0 Å². The van der Waals surface area contributed by atoms with Gasteiger partial charge in [0.2, 0.25) is 0 Å². The van der Waals surface area contributed by atoms with Gasteiger partial charge in [0, 0.05) is 38.6 Å². The van der Waals surface area contributed by atoms with Crippen LogP contribution in [0.5, 0.6) is 0 Å². The lowest BCUT2D eigenvalue weighted by atomic mass is 9.77. The van der Waals surface area contributed by atoms with Gasteiger partial charge in [0.25, 0.3) is 0 Å². The summed E-state index contributed by atoms with van der Waals surface area (Å²) in [6.07, 6.45) is 7.73. The number of nitrogens with zero attached hydrogens (tertiary/aromatic N) is 3. The van der Waals surface area contributed by atoms with E-state index in [-0.39, 0.29) is 0 Å². The molecule has 4 heteroatoms. The number of pyridine rings is 1. The number of methoxy groups -OCH3 is 1. The lowest BCUT2D eigenvalue weighted by Gasteiger charge is -2.37. The second-order valence-corrected chi connectivity index (χ2v) is 6.88. The maximum absolute atomic E-state index is 5.48. The summed E-state index contributed by atoms with van der Waals surface area (Å²) in [6.45, 7) is 5.57. The van der Waals surface area contributed by atoms with Crippen LogP contribution >= 0.6 is 0 Å². The fourth-order valence-corrected chi connectivity index (χ4v) is 3.97. The number of aromatic nitrogens is 1. The molecule has 2 aliphatic rings. The van der Waals surface area contributed by atoms with Crippen LogP contribution < -0.4 is 0 Å². The highest BCUT2D eigenvalue weighted by Gasteiger charge is 2.44. The molecule has 3 heterocycles. The van der Waals surface area contributed by atoms with E-state index in [9.17, 15) is 0 Å². The highest BCUT2D eigenvalue weighted by molar-refractivity contribution is 5.11. The molecular weight excluding hydrogens is 262 g/mol. The molecule has 116 valence electrons. The van der Waals surface area contributed by atoms with E-state index in [1.165, 1.54) is 44.5 Å². The van der Waals surface area contributed by atoms with Gasteiger partial charge in [-0.1, -0.05) is 0 Å². The van der Waals surface area contributed by atoms with Gasteiger partial charge in [-0.25, -0.2) is 0 Å². The largest absolute Gasteiger partial charge is 0.383 e. The Morgan fingerprint density at radius 2 is 2.00 bits per heavy atom. The topological polar surface area (TPSA) is 28.6 Å². The quantitative estimate of drug-likeness (QED) is 0.848. The molecule has 4 nitrogen and oxygen atoms in total. The molecule has 1 spiro atoms. The van der Waals surface area contributed by atoms with E-state index in [0.29, 0.717) is 11.5 Å². The summed E-state index contributed by atoms with van der Waals surface area (Å²) in [7, 11) is 4.06. The van der Waals surface area contributed by atoms with Crippen molar-refractivity contribution in [3.63, 3.8) is 0 Å². The average molecular weight is 289 g/mol. The summed E-state index contributed by atoms with van der Waals surface area (Å²) in [5, 5.41) is 0. The molecule has 2 aliphatic heterocycles. The highest BCUT2D eigenvalue weighted by atomic mass is 16.5. The third kappa shape index (κ3) is 3.44. The smallest absolute Gasteiger partial charge is 0.0618 e. The zero-order chi connectivity index (χ0) is 14.7. The van der Waals surface area contributed by atoms with Crippen LogP contribution in [0.1, 0.15) is 24.8 Å². The van der Waals surface area contributed by atoms with Crippen LogP contribution in [0.25, 0.3) is 0 Å². The lowest BCUT2D eigenvalue weighted by Crippen LogP contribution is -2.39. The Morgan fingerprint density at radius 1 is 1.29 bits per heavy atom. The van der Waals surface area contributed by atoms with Crippen LogP contribution in [0.15, 0.2) is 24.5 Å². The van der Waals surface area contributed by atoms with Gasteiger partial charge in [0.15, 0.2) is 0 Å². The summed E-state index contributed by atoms with van der Waals surface area (Å²) >= 11 is 0. The van der Waals surface area contributed by atoms with Gasteiger partial charge >= 0.3 is 0 Å². The third-order valence-electron chi connectivity index (χ3n) is 5.27. The standard InChI is InChI=1S/C17H27N3O/c1-19-9-5-17(6-10-19)11-16(13-21-2)20(14-17)12-15-3-7-18-8-4-15/h3-4,7-8,16H,5-6,9-14H2,1-2H3/t16-/m1/s1. The van der Waals surface area contributed by atoms with Gasteiger partial charge in [0.1, 0.15) is 0 Å². The number of rotatable bonds is 4. The zero-order valence-corrected chi connectivity index (χ0v) is 13.3. The molecule has 0 N–H and O–H groups in total. The first-order valence-corrected chi connectivity index (χ1v) is 8.01. The van der Waals surface area contributed by atoms with Crippen LogP contribution in [-0.4, -0.2) is 61.2 Å². The number of hydrogen-bond acceptors (Lipinski definition) is 4. The summed E-state index contributed by atoms with van der Waals surface area (Å²) in [6, 6.07) is 4.82. The molecule has 3 rings (SSSR count). The molecule has 0 bridgehead atoms. The molecule has 1 aromatic heterocycles. The van der Waals surface area contributed by atoms with E-state index in [4.69, 9.17) is 4.74 Å². The van der Waals surface area contributed by atoms with Crippen molar-refractivity contribution in [3.05, 3.63) is 30.1 Å². The fourth-order valence-electron chi connectivity index (χ4n) is 3.97. The molecule has 0 aromatic carbocycles. The Bertz CT molecular complexity index is 443. The summed E-state index contributed by atoms with van der Waals surface area (Å²) < 4.78 is 5.48. The molecule has 0 unspecified atom stereocenters. The van der Waals surface area contributed by atoms with E-state index < -0.39 is 0 Å². The SMILES string of the molecule is COC[C@H]1CC2(CCN(C)CC2)CN1Cc1ccncc1. The van der Waals surface area contributed by atoms with Crippen molar-refractivity contribution in [2.45, 2.75) is 31.8 Å². The number of hydrogen-bond donors (Lipinski definition) is 0. The van der Waals surface area contributed by atoms with Gasteiger partial charge in [-0.05, 0) is 62.5 Å². The van der Waals surface area contributed by atoms with Gasteiger partial charge in [-0.15, -0.1) is 0 Å². The van der Waals surface area contributed by atoms with Gasteiger partial charge < -0.3 is 9.64 Å². The maximum atomic E-state index is 5.48. The fraction of sp³-hybridized carbons (Fsp3) is 0.706. The first-order chi connectivity index (χ1) is 10.2. The lowest BCUT2D eigenvalue weighted by molar-refractivity contribution is 0.111. The first-order valence-electron chi connectivity index (χ1n) is 8.01. The Labute approximate surface area is 128 Å². The normalized spacial score (nSPS) is 26.5. The van der Waals surface area contributed by atoms with Crippen molar-refractivity contribution in [1.82, 2.24) is 14.8 Å². The van der Waals surface area contributed by atoms with E-state index in [1.807, 2.05) is 19.5 Å². The number of piperidine rings is 1. The van der Waals surface area contributed by atoms with Crippen LogP contribution in [0.4, 0.5) is 0 Å². The molecule has 21 heavy (non-hydrogen) atoms. The van der Waals surface area contributed by atoms with E-state index in [0.717, 1.165) is 13.2 Å². The minimum Gasteiger partial charge on any atom is -0.383 e. The maximum Gasteiger partial charge on any atom is 0.0618 e. The average Bonchev–Trinajstić information content (AvgIpc) is 2.82. The predicted octanol–water partition coefficient (Wildman–Crippen LogP) is 2.01. The van der Waals surface area contributed by atoms with Crippen molar-refractivity contribution < 1.29 is 4.74 Å². The second-order valence-electron chi connectivity index (χ2n) is 6.88. The number of likely N-dealkylation sites (tertiary alicyclic amines) is 2. The minimum absolute atomic E-state index is 0.517. The van der Waals surface area contributed by atoms with Crippen molar-refractivity contribution in [1.29, 1.82) is 0 Å². The van der Waals surface area contributed by atoms with Crippen molar-refractivity contribution >= 4 is 0 Å².